The van der Waals surface area contributed by atoms with Crippen LogP contribution in [0.2, 0.25) is 5.02 Å². The second-order valence-corrected chi connectivity index (χ2v) is 7.77. The van der Waals surface area contributed by atoms with E-state index in [0.29, 0.717) is 21.7 Å². The number of sulfonamides is 1. The van der Waals surface area contributed by atoms with Gasteiger partial charge in [-0.25, -0.2) is 8.42 Å². The zero-order valence-corrected chi connectivity index (χ0v) is 14.1. The summed E-state index contributed by atoms with van der Waals surface area (Å²) >= 11 is 9.18. The average molecular weight is 383 g/mol. The summed E-state index contributed by atoms with van der Waals surface area (Å²) in [7, 11) is -3.37. The van der Waals surface area contributed by atoms with E-state index in [0.717, 1.165) is 26.2 Å². The van der Waals surface area contributed by atoms with Crippen LogP contribution < -0.4 is 10.0 Å². The maximum atomic E-state index is 12.1. The molecule has 1 heterocycles. The minimum atomic E-state index is -3.37. The number of halogens is 2. The molecule has 1 aliphatic rings. The van der Waals surface area contributed by atoms with Crippen LogP contribution in [0.25, 0.3) is 0 Å². The van der Waals surface area contributed by atoms with E-state index in [2.05, 4.69) is 30.9 Å². The van der Waals surface area contributed by atoms with Gasteiger partial charge in [0, 0.05) is 42.2 Å². The second-order valence-electron chi connectivity index (χ2n) is 4.64. The molecular formula is C12H17BrClN3O2S. The van der Waals surface area contributed by atoms with Crippen molar-refractivity contribution in [2.75, 3.05) is 43.2 Å². The summed E-state index contributed by atoms with van der Waals surface area (Å²) in [6, 6.07) is 5.01. The molecule has 0 aliphatic carbocycles. The second kappa shape index (κ2) is 7.09. The van der Waals surface area contributed by atoms with Crippen molar-refractivity contribution in [2.45, 2.75) is 0 Å². The van der Waals surface area contributed by atoms with Gasteiger partial charge in [-0.3, -0.25) is 9.62 Å². The van der Waals surface area contributed by atoms with Gasteiger partial charge in [-0.1, -0.05) is 11.6 Å². The Morgan fingerprint density at radius 2 is 2.05 bits per heavy atom. The molecule has 0 spiro atoms. The zero-order valence-electron chi connectivity index (χ0n) is 10.9. The van der Waals surface area contributed by atoms with Crippen LogP contribution in [0.5, 0.6) is 0 Å². The Bertz CT molecular complexity index is 562. The van der Waals surface area contributed by atoms with Crippen LogP contribution in [-0.2, 0) is 10.0 Å². The molecule has 20 heavy (non-hydrogen) atoms. The molecule has 0 unspecified atom stereocenters. The lowest BCUT2D eigenvalue weighted by Gasteiger charge is -2.26. The number of anilines is 1. The van der Waals surface area contributed by atoms with Gasteiger partial charge in [0.2, 0.25) is 10.0 Å². The number of piperazine rings is 1. The molecule has 1 fully saturated rings. The molecule has 1 aromatic rings. The molecule has 112 valence electrons. The van der Waals surface area contributed by atoms with Crippen LogP contribution >= 0.6 is 27.5 Å². The summed E-state index contributed by atoms with van der Waals surface area (Å²) < 4.78 is 27.4. The fourth-order valence-corrected chi connectivity index (χ4v) is 3.73. The Labute approximate surface area is 132 Å². The van der Waals surface area contributed by atoms with Crippen molar-refractivity contribution in [1.82, 2.24) is 10.2 Å². The van der Waals surface area contributed by atoms with Crippen LogP contribution in [0.3, 0.4) is 0 Å². The summed E-state index contributed by atoms with van der Waals surface area (Å²) in [5.41, 5.74) is 0.470. The summed E-state index contributed by atoms with van der Waals surface area (Å²) in [5, 5.41) is 3.73. The zero-order chi connectivity index (χ0) is 14.6. The van der Waals surface area contributed by atoms with E-state index in [1.807, 2.05) is 0 Å². The number of nitrogens with zero attached hydrogens (tertiary/aromatic N) is 1. The standard InChI is InChI=1S/C12H17BrClN3O2S/c13-11-2-1-10(14)9-12(11)16-20(18,19)8-7-17-5-3-15-4-6-17/h1-2,9,15-16H,3-8H2. The Morgan fingerprint density at radius 1 is 1.35 bits per heavy atom. The molecule has 0 amide bonds. The van der Waals surface area contributed by atoms with Crippen LogP contribution in [0.4, 0.5) is 5.69 Å². The van der Waals surface area contributed by atoms with E-state index in [4.69, 9.17) is 11.6 Å². The molecule has 2 rings (SSSR count). The van der Waals surface area contributed by atoms with Crippen LogP contribution in [0, 0.1) is 0 Å². The summed E-state index contributed by atoms with van der Waals surface area (Å²) in [4.78, 5) is 2.14. The number of hydrogen-bond donors (Lipinski definition) is 2. The molecule has 1 saturated heterocycles. The van der Waals surface area contributed by atoms with E-state index in [-0.39, 0.29) is 5.75 Å². The smallest absolute Gasteiger partial charge is 0.234 e. The van der Waals surface area contributed by atoms with Gasteiger partial charge in [0.25, 0.3) is 0 Å². The first-order valence-electron chi connectivity index (χ1n) is 6.35. The highest BCUT2D eigenvalue weighted by atomic mass is 79.9. The lowest BCUT2D eigenvalue weighted by Crippen LogP contribution is -2.45. The molecule has 0 atom stereocenters. The fraction of sp³-hybridized carbons (Fsp3) is 0.500. The summed E-state index contributed by atoms with van der Waals surface area (Å²) in [6.07, 6.45) is 0. The minimum absolute atomic E-state index is 0.0754. The number of rotatable bonds is 5. The summed E-state index contributed by atoms with van der Waals surface area (Å²) in [6.45, 7) is 4.13. The molecular weight excluding hydrogens is 366 g/mol. The molecule has 5 nitrogen and oxygen atoms in total. The van der Waals surface area contributed by atoms with Gasteiger partial charge in [-0.2, -0.15) is 0 Å². The maximum Gasteiger partial charge on any atom is 0.234 e. The number of nitrogens with one attached hydrogen (secondary N) is 2. The van der Waals surface area contributed by atoms with E-state index >= 15 is 0 Å². The number of hydrogen-bond acceptors (Lipinski definition) is 4. The molecule has 0 saturated carbocycles. The SMILES string of the molecule is O=S(=O)(CCN1CCNCC1)Nc1cc(Cl)ccc1Br. The first kappa shape index (κ1) is 16.0. The van der Waals surface area contributed by atoms with E-state index in [1.165, 1.54) is 0 Å². The van der Waals surface area contributed by atoms with Gasteiger partial charge in [0.05, 0.1) is 11.4 Å². The Balaban J connectivity index is 1.94. The molecule has 1 aliphatic heterocycles. The molecule has 8 heteroatoms. The van der Waals surface area contributed by atoms with Crippen LogP contribution in [0.1, 0.15) is 0 Å². The Hall–Kier alpha value is -0.340. The minimum Gasteiger partial charge on any atom is -0.314 e. The maximum absolute atomic E-state index is 12.1. The van der Waals surface area contributed by atoms with Gasteiger partial charge in [-0.15, -0.1) is 0 Å². The Kier molecular flexibility index (Phi) is 5.68. The molecule has 1 aromatic carbocycles. The van der Waals surface area contributed by atoms with Gasteiger partial charge < -0.3 is 5.32 Å². The molecule has 0 aromatic heterocycles. The third-order valence-corrected chi connectivity index (χ3v) is 5.26. The normalized spacial score (nSPS) is 17.1. The van der Waals surface area contributed by atoms with E-state index in [9.17, 15) is 8.42 Å². The van der Waals surface area contributed by atoms with Crippen molar-refractivity contribution < 1.29 is 8.42 Å². The molecule has 2 N–H and O–H groups in total. The molecule has 0 bridgehead atoms. The van der Waals surface area contributed by atoms with Crippen molar-refractivity contribution >= 4 is 43.2 Å². The highest BCUT2D eigenvalue weighted by molar-refractivity contribution is 9.10. The van der Waals surface area contributed by atoms with E-state index in [1.54, 1.807) is 18.2 Å². The third kappa shape index (κ3) is 4.89. The Morgan fingerprint density at radius 3 is 2.75 bits per heavy atom. The van der Waals surface area contributed by atoms with Crippen molar-refractivity contribution in [3.05, 3.63) is 27.7 Å². The van der Waals surface area contributed by atoms with E-state index < -0.39 is 10.0 Å². The number of benzene rings is 1. The van der Waals surface area contributed by atoms with Crippen molar-refractivity contribution in [3.63, 3.8) is 0 Å². The first-order chi connectivity index (χ1) is 9.46. The quantitative estimate of drug-likeness (QED) is 0.814. The monoisotopic (exact) mass is 381 g/mol. The van der Waals surface area contributed by atoms with Crippen LogP contribution in [-0.4, -0.2) is 51.8 Å². The van der Waals surface area contributed by atoms with Gasteiger partial charge in [0.15, 0.2) is 0 Å². The predicted molar refractivity (Wildman–Crippen MR) is 85.9 cm³/mol. The van der Waals surface area contributed by atoms with Gasteiger partial charge in [-0.05, 0) is 34.1 Å². The van der Waals surface area contributed by atoms with Gasteiger partial charge >= 0.3 is 0 Å². The highest BCUT2D eigenvalue weighted by Crippen LogP contribution is 2.26. The predicted octanol–water partition coefficient (Wildman–Crippen LogP) is 1.75. The van der Waals surface area contributed by atoms with Crippen molar-refractivity contribution in [1.29, 1.82) is 0 Å². The van der Waals surface area contributed by atoms with Gasteiger partial charge in [0.1, 0.15) is 0 Å². The average Bonchev–Trinajstić information content (AvgIpc) is 2.42. The third-order valence-electron chi connectivity index (χ3n) is 3.08. The topological polar surface area (TPSA) is 61.4 Å². The first-order valence-corrected chi connectivity index (χ1v) is 9.17. The largest absolute Gasteiger partial charge is 0.314 e. The van der Waals surface area contributed by atoms with Crippen LogP contribution in [0.15, 0.2) is 22.7 Å². The molecule has 0 radical (unpaired) electrons. The highest BCUT2D eigenvalue weighted by Gasteiger charge is 2.16. The fourth-order valence-electron chi connectivity index (χ4n) is 1.98. The lowest BCUT2D eigenvalue weighted by molar-refractivity contribution is 0.254. The van der Waals surface area contributed by atoms with Crippen molar-refractivity contribution in [2.24, 2.45) is 0 Å². The summed E-state index contributed by atoms with van der Waals surface area (Å²) in [5.74, 6) is 0.0754. The van der Waals surface area contributed by atoms with Crippen molar-refractivity contribution in [3.8, 4) is 0 Å². The lowest BCUT2D eigenvalue weighted by atomic mass is 10.3.